The van der Waals surface area contributed by atoms with Crippen LogP contribution in [0.3, 0.4) is 0 Å². The van der Waals surface area contributed by atoms with Gasteiger partial charge in [0.2, 0.25) is 0 Å². The minimum Gasteiger partial charge on any atom is -0.400 e. The van der Waals surface area contributed by atoms with Gasteiger partial charge in [0, 0.05) is 0 Å². The Morgan fingerprint density at radius 2 is 1.87 bits per heavy atom. The Kier molecular flexibility index (Phi) is 9.47. The maximum absolute atomic E-state index is 4.59. The van der Waals surface area contributed by atoms with Gasteiger partial charge in [-0.15, -0.1) is 18.4 Å². The molecule has 23 heavy (non-hydrogen) atoms. The van der Waals surface area contributed by atoms with Crippen molar-refractivity contribution in [1.29, 1.82) is 0 Å². The molecule has 0 aliphatic carbocycles. The van der Waals surface area contributed by atoms with Crippen LogP contribution in [0.25, 0.3) is 0 Å². The maximum atomic E-state index is 4.59. The van der Waals surface area contributed by atoms with Crippen molar-refractivity contribution in [1.82, 2.24) is 19.7 Å². The molecule has 0 saturated carbocycles. The first-order valence-electron chi connectivity index (χ1n) is 7.87. The summed E-state index contributed by atoms with van der Waals surface area (Å²) >= 11 is 4.59. The second-order valence-corrected chi connectivity index (χ2v) is 7.29. The fraction of sp³-hybridized carbons (Fsp3) is 0.600. The lowest BCUT2D eigenvalue weighted by Gasteiger charge is -2.35. The van der Waals surface area contributed by atoms with E-state index >= 15 is 0 Å². The first-order valence-corrected chi connectivity index (χ1v) is 8.32. The molecular weight excluding hydrogens is 304 g/mol. The smallest absolute Gasteiger partial charge is 0.328 e. The van der Waals surface area contributed by atoms with Gasteiger partial charge in [0.1, 0.15) is 10.7 Å². The van der Waals surface area contributed by atoms with Gasteiger partial charge in [0.25, 0.3) is 6.98 Å². The first kappa shape index (κ1) is 21.9. The molecule has 0 amide bonds. The number of anilines is 1. The predicted octanol–water partition coefficient (Wildman–Crippen LogP) is 3.04. The molecule has 8 heteroatoms. The molecule has 5 nitrogen and oxygen atoms in total. The van der Waals surface area contributed by atoms with Crippen molar-refractivity contribution in [2.24, 2.45) is 0 Å². The molecule has 0 aliphatic rings. The molecule has 0 atom stereocenters. The summed E-state index contributed by atoms with van der Waals surface area (Å²) in [6.07, 6.45) is 1.80. The zero-order valence-corrected chi connectivity index (χ0v) is 16.5. The van der Waals surface area contributed by atoms with E-state index in [2.05, 4.69) is 79.3 Å². The van der Waals surface area contributed by atoms with Crippen LogP contribution in [-0.2, 0) is 4.87 Å². The highest BCUT2D eigenvalue weighted by atomic mass is 32.1. The molecule has 1 aromatic heterocycles. The topological polar surface area (TPSA) is 45.1 Å². The third kappa shape index (κ3) is 6.92. The van der Waals surface area contributed by atoms with Crippen LogP contribution in [0.4, 0.5) is 5.82 Å². The quantitative estimate of drug-likeness (QED) is 0.407. The summed E-state index contributed by atoms with van der Waals surface area (Å²) in [5.74, 6) is 0.978. The Morgan fingerprint density at radius 1 is 1.35 bits per heavy atom. The third-order valence-electron chi connectivity index (χ3n) is 3.43. The van der Waals surface area contributed by atoms with E-state index in [0.29, 0.717) is 6.04 Å². The Balaban J connectivity index is 0.00000149. The lowest BCUT2D eigenvalue weighted by atomic mass is 9.61. The molecule has 1 rings (SSSR count). The minimum atomic E-state index is -0.331. The van der Waals surface area contributed by atoms with Crippen molar-refractivity contribution in [3.05, 3.63) is 31.2 Å². The lowest BCUT2D eigenvalue weighted by Crippen LogP contribution is -2.59. The van der Waals surface area contributed by atoms with Crippen LogP contribution in [0, 0.1) is 0 Å². The number of nitrogens with zero attached hydrogens (tertiary/aromatic N) is 3. The van der Waals surface area contributed by atoms with Crippen molar-refractivity contribution in [2.45, 2.75) is 52.3 Å². The molecule has 1 heterocycles. The van der Waals surface area contributed by atoms with Gasteiger partial charge < -0.3 is 15.2 Å². The van der Waals surface area contributed by atoms with E-state index in [1.807, 2.05) is 31.6 Å². The van der Waals surface area contributed by atoms with Crippen LogP contribution < -0.4 is 10.5 Å². The van der Waals surface area contributed by atoms with Gasteiger partial charge in [-0.3, -0.25) is 0 Å². The Morgan fingerprint density at radius 3 is 2.26 bits per heavy atom. The molecule has 0 aromatic carbocycles. The van der Waals surface area contributed by atoms with Crippen LogP contribution in [0.5, 0.6) is 0 Å². The molecule has 1 aromatic rings. The second kappa shape index (κ2) is 9.93. The fourth-order valence-electron chi connectivity index (χ4n) is 2.52. The number of hydrogen-bond donors (Lipinski definition) is 3. The number of thiol groups is 1. The molecule has 0 unspecified atom stereocenters. The highest BCUT2D eigenvalue weighted by Gasteiger charge is 2.29. The highest BCUT2D eigenvalue weighted by molar-refractivity contribution is 7.81. The number of rotatable bonds is 7. The lowest BCUT2D eigenvalue weighted by molar-refractivity contribution is 0.487. The van der Waals surface area contributed by atoms with Crippen molar-refractivity contribution in [2.75, 3.05) is 12.3 Å². The van der Waals surface area contributed by atoms with Gasteiger partial charge in [-0.05, 0) is 33.0 Å². The summed E-state index contributed by atoms with van der Waals surface area (Å²) < 4.78 is 4.28. The van der Waals surface area contributed by atoms with E-state index in [1.165, 1.54) is 0 Å². The van der Waals surface area contributed by atoms with Crippen molar-refractivity contribution in [3.8, 4) is 0 Å². The predicted molar refractivity (Wildman–Crippen MR) is 108 cm³/mol. The minimum absolute atomic E-state index is 0.184. The van der Waals surface area contributed by atoms with Crippen LogP contribution >= 0.6 is 12.6 Å². The van der Waals surface area contributed by atoms with Gasteiger partial charge in [-0.1, -0.05) is 40.7 Å². The summed E-state index contributed by atoms with van der Waals surface area (Å²) in [7, 11) is 1.98. The molecular formula is C15H31B2N5S. The normalized spacial score (nSPS) is 10.9. The van der Waals surface area contributed by atoms with E-state index in [1.54, 1.807) is 6.20 Å². The van der Waals surface area contributed by atoms with E-state index < -0.39 is 0 Å². The van der Waals surface area contributed by atoms with Crippen LogP contribution in [0.2, 0.25) is 13.6 Å². The monoisotopic (exact) mass is 335 g/mol. The molecule has 0 spiro atoms. The van der Waals surface area contributed by atoms with Crippen LogP contribution in [0.15, 0.2) is 31.2 Å². The van der Waals surface area contributed by atoms with Gasteiger partial charge in [0.05, 0.1) is 6.20 Å². The number of hydrogen-bond acceptors (Lipinski definition) is 5. The summed E-state index contributed by atoms with van der Waals surface area (Å²) in [5, 5.41) is 11.2. The van der Waals surface area contributed by atoms with Crippen molar-refractivity contribution >= 4 is 32.4 Å². The standard InChI is InChI=1S/C12H27B2N5S.C3H4/c1-10(2)19(13(5)15-7)14(6)17-11-8-9-16-18(11)12(3,4)20;1-3-2/h8-10,15,17,20H,1-7H3;1-2H2. The van der Waals surface area contributed by atoms with E-state index in [4.69, 9.17) is 0 Å². The fourth-order valence-corrected chi connectivity index (χ4v) is 2.68. The summed E-state index contributed by atoms with van der Waals surface area (Å²) in [6.45, 7) is 19.5. The zero-order valence-electron chi connectivity index (χ0n) is 15.6. The Bertz CT molecular complexity index is 492. The summed E-state index contributed by atoms with van der Waals surface area (Å²) in [5.41, 5.74) is 2.25. The Labute approximate surface area is 148 Å². The number of aromatic nitrogens is 2. The van der Waals surface area contributed by atoms with Gasteiger partial charge in [-0.25, -0.2) is 4.68 Å². The molecule has 2 N–H and O–H groups in total. The van der Waals surface area contributed by atoms with Crippen LogP contribution in [-0.4, -0.2) is 41.6 Å². The summed E-state index contributed by atoms with van der Waals surface area (Å²) in [6, 6.07) is 2.41. The molecule has 0 fully saturated rings. The molecule has 0 radical (unpaired) electrons. The van der Waals surface area contributed by atoms with Gasteiger partial charge in [-0.2, -0.15) is 5.10 Å². The average Bonchev–Trinajstić information content (AvgIpc) is 2.87. The van der Waals surface area contributed by atoms with Crippen molar-refractivity contribution in [3.63, 3.8) is 0 Å². The SMILES string of the molecule is C=C=C.CNB(C)N(B(C)Nc1ccnn1C(C)(C)S)C(C)C. The summed E-state index contributed by atoms with van der Waals surface area (Å²) in [4.78, 5) is -0.331. The molecule has 0 bridgehead atoms. The van der Waals surface area contributed by atoms with E-state index in [9.17, 15) is 0 Å². The highest BCUT2D eigenvalue weighted by Crippen LogP contribution is 2.24. The van der Waals surface area contributed by atoms with Crippen molar-refractivity contribution < 1.29 is 0 Å². The van der Waals surface area contributed by atoms with Gasteiger partial charge in [0.15, 0.2) is 0 Å². The maximum Gasteiger partial charge on any atom is 0.328 e. The van der Waals surface area contributed by atoms with E-state index in [0.717, 1.165) is 5.82 Å². The average molecular weight is 335 g/mol. The zero-order chi connectivity index (χ0) is 18.2. The third-order valence-corrected chi connectivity index (χ3v) is 3.62. The second-order valence-electron chi connectivity index (χ2n) is 6.20. The van der Waals surface area contributed by atoms with E-state index in [-0.39, 0.29) is 18.8 Å². The van der Waals surface area contributed by atoms with Crippen LogP contribution in [0.1, 0.15) is 27.7 Å². The molecule has 0 saturated heterocycles. The first-order chi connectivity index (χ1) is 10.6. The number of nitrogens with one attached hydrogen (secondary N) is 2. The molecule has 128 valence electrons. The largest absolute Gasteiger partial charge is 0.400 e. The van der Waals surface area contributed by atoms with Gasteiger partial charge >= 0.3 is 6.98 Å². The Hall–Kier alpha value is -1.07. The molecule has 0 aliphatic heterocycles.